The van der Waals surface area contributed by atoms with Gasteiger partial charge in [0.25, 0.3) is 5.56 Å². The average Bonchev–Trinajstić information content (AvgIpc) is 3.35. The normalized spacial score (nSPS) is 20.4. The molecule has 2 fully saturated rings. The first-order valence-electron chi connectivity index (χ1n) is 9.23. The van der Waals surface area contributed by atoms with Gasteiger partial charge in [-0.1, -0.05) is 12.1 Å². The maximum Gasteiger partial charge on any atom is 0.251 e. The first-order valence-corrected chi connectivity index (χ1v) is 9.23. The van der Waals surface area contributed by atoms with E-state index >= 15 is 0 Å². The molecule has 0 bridgehead atoms. The quantitative estimate of drug-likeness (QED) is 0.608. The fraction of sp³-hybridized carbons (Fsp3) is 0.421. The molecular formula is C19H22FN5O2. The van der Waals surface area contributed by atoms with Crippen LogP contribution in [0.3, 0.4) is 0 Å². The summed E-state index contributed by atoms with van der Waals surface area (Å²) in [6.07, 6.45) is 3.12. The second kappa shape index (κ2) is 7.58. The Morgan fingerprint density at radius 2 is 2.04 bits per heavy atom. The summed E-state index contributed by atoms with van der Waals surface area (Å²) in [4.78, 5) is 31.9. The van der Waals surface area contributed by atoms with Gasteiger partial charge in [0.1, 0.15) is 17.7 Å². The van der Waals surface area contributed by atoms with Gasteiger partial charge in [0.2, 0.25) is 5.91 Å². The predicted octanol–water partition coefficient (Wildman–Crippen LogP) is 1.05. The first-order chi connectivity index (χ1) is 13.1. The van der Waals surface area contributed by atoms with Gasteiger partial charge in [-0.3, -0.25) is 15.0 Å². The van der Waals surface area contributed by atoms with Gasteiger partial charge >= 0.3 is 0 Å². The number of rotatable bonds is 6. The number of carbonyl (C=O) groups excluding carboxylic acids is 1. The van der Waals surface area contributed by atoms with Crippen molar-refractivity contribution in [3.63, 3.8) is 0 Å². The molecule has 8 heteroatoms. The molecule has 0 spiro atoms. The van der Waals surface area contributed by atoms with Crippen LogP contribution in [0.25, 0.3) is 0 Å². The van der Waals surface area contributed by atoms with Gasteiger partial charge in [-0.2, -0.15) is 0 Å². The van der Waals surface area contributed by atoms with Crippen molar-refractivity contribution in [1.82, 2.24) is 26.1 Å². The van der Waals surface area contributed by atoms with Crippen molar-refractivity contribution in [2.24, 2.45) is 0 Å². The SMILES string of the molecule is O=C(NC(Cc1cc(=O)[nH]c(C2CC2)n1)c1ccc(F)cc1)C1CCNN1. The summed E-state index contributed by atoms with van der Waals surface area (Å²) in [7, 11) is 0. The van der Waals surface area contributed by atoms with Gasteiger partial charge in [0, 0.05) is 24.9 Å². The van der Waals surface area contributed by atoms with Gasteiger partial charge in [0.05, 0.1) is 11.7 Å². The molecule has 1 aromatic carbocycles. The number of amides is 1. The van der Waals surface area contributed by atoms with Gasteiger partial charge in [-0.05, 0) is 37.0 Å². The van der Waals surface area contributed by atoms with Crippen molar-refractivity contribution in [3.8, 4) is 0 Å². The Morgan fingerprint density at radius 3 is 2.70 bits per heavy atom. The van der Waals surface area contributed by atoms with E-state index in [9.17, 15) is 14.0 Å². The maximum atomic E-state index is 13.3. The minimum Gasteiger partial charge on any atom is -0.348 e. The summed E-state index contributed by atoms with van der Waals surface area (Å²) in [5.74, 6) is 0.561. The van der Waals surface area contributed by atoms with Gasteiger partial charge in [0.15, 0.2) is 0 Å². The number of hydrogen-bond acceptors (Lipinski definition) is 5. The minimum atomic E-state index is -0.401. The van der Waals surface area contributed by atoms with Gasteiger partial charge in [-0.15, -0.1) is 0 Å². The van der Waals surface area contributed by atoms with E-state index in [1.165, 1.54) is 18.2 Å². The number of nitrogens with zero attached hydrogens (tertiary/aromatic N) is 1. The molecule has 1 aliphatic heterocycles. The maximum absolute atomic E-state index is 13.3. The van der Waals surface area contributed by atoms with Crippen molar-refractivity contribution in [2.75, 3.05) is 6.54 Å². The summed E-state index contributed by atoms with van der Waals surface area (Å²) in [6, 6.07) is 6.77. The monoisotopic (exact) mass is 371 g/mol. The van der Waals surface area contributed by atoms with Crippen LogP contribution in [0.2, 0.25) is 0 Å². The van der Waals surface area contributed by atoms with Crippen LogP contribution in [0.4, 0.5) is 4.39 Å². The van der Waals surface area contributed by atoms with Crippen molar-refractivity contribution >= 4 is 5.91 Å². The first kappa shape index (κ1) is 17.8. The number of hydrogen-bond donors (Lipinski definition) is 4. The Labute approximate surface area is 155 Å². The highest BCUT2D eigenvalue weighted by atomic mass is 19.1. The zero-order chi connectivity index (χ0) is 18.8. The topological polar surface area (TPSA) is 98.9 Å². The number of benzene rings is 1. The number of H-pyrrole nitrogens is 1. The summed E-state index contributed by atoms with van der Waals surface area (Å²) >= 11 is 0. The fourth-order valence-corrected chi connectivity index (χ4v) is 3.29. The third-order valence-electron chi connectivity index (χ3n) is 4.93. The van der Waals surface area contributed by atoms with Crippen molar-refractivity contribution in [3.05, 3.63) is 63.6 Å². The van der Waals surface area contributed by atoms with Gasteiger partial charge in [-0.25, -0.2) is 14.8 Å². The molecular weight excluding hydrogens is 349 g/mol. The van der Waals surface area contributed by atoms with Gasteiger partial charge < -0.3 is 10.3 Å². The van der Waals surface area contributed by atoms with E-state index in [4.69, 9.17) is 0 Å². The number of hydrazine groups is 1. The zero-order valence-corrected chi connectivity index (χ0v) is 14.8. The van der Waals surface area contributed by atoms with Crippen molar-refractivity contribution in [1.29, 1.82) is 0 Å². The highest BCUT2D eigenvalue weighted by Crippen LogP contribution is 2.37. The summed E-state index contributed by atoms with van der Waals surface area (Å²) < 4.78 is 13.3. The van der Waals surface area contributed by atoms with Crippen LogP contribution in [-0.4, -0.2) is 28.5 Å². The standard InChI is InChI=1S/C19H22FN5O2/c20-13-5-3-11(4-6-13)16(23-19(27)15-7-8-21-25-15)9-14-10-17(26)24-18(22-14)12-1-2-12/h3-6,10,12,15-16,21,25H,1-2,7-9H2,(H,23,27)(H,22,24,26). The smallest absolute Gasteiger partial charge is 0.251 e. The summed E-state index contributed by atoms with van der Waals surface area (Å²) in [6.45, 7) is 0.722. The third-order valence-corrected chi connectivity index (χ3v) is 4.93. The number of aromatic amines is 1. The van der Waals surface area contributed by atoms with Crippen LogP contribution in [0.1, 0.15) is 48.3 Å². The molecule has 1 aliphatic carbocycles. The Balaban J connectivity index is 1.58. The van der Waals surface area contributed by atoms with Crippen LogP contribution in [0, 0.1) is 5.82 Å². The Hall–Kier alpha value is -2.58. The molecule has 1 amide bonds. The lowest BCUT2D eigenvalue weighted by molar-refractivity contribution is -0.123. The Bertz CT molecular complexity index is 872. The molecule has 1 saturated carbocycles. The number of carbonyl (C=O) groups is 1. The predicted molar refractivity (Wildman–Crippen MR) is 97.4 cm³/mol. The Morgan fingerprint density at radius 1 is 1.26 bits per heavy atom. The second-order valence-electron chi connectivity index (χ2n) is 7.13. The zero-order valence-electron chi connectivity index (χ0n) is 14.8. The molecule has 7 nitrogen and oxygen atoms in total. The number of nitrogens with one attached hydrogen (secondary N) is 4. The number of halogens is 1. The van der Waals surface area contributed by atoms with E-state index in [1.54, 1.807) is 12.1 Å². The van der Waals surface area contributed by atoms with Crippen LogP contribution < -0.4 is 21.7 Å². The highest BCUT2D eigenvalue weighted by Gasteiger charge is 2.28. The second-order valence-corrected chi connectivity index (χ2v) is 7.13. The van der Waals surface area contributed by atoms with E-state index in [0.29, 0.717) is 30.3 Å². The molecule has 4 rings (SSSR count). The lowest BCUT2D eigenvalue weighted by Crippen LogP contribution is -2.44. The molecule has 2 aromatic rings. The largest absolute Gasteiger partial charge is 0.348 e. The lowest BCUT2D eigenvalue weighted by atomic mass is 10.0. The average molecular weight is 371 g/mol. The van der Waals surface area contributed by atoms with Crippen LogP contribution in [0.15, 0.2) is 35.1 Å². The van der Waals surface area contributed by atoms with Crippen LogP contribution in [0.5, 0.6) is 0 Å². The molecule has 4 N–H and O–H groups in total. The molecule has 1 aromatic heterocycles. The van der Waals surface area contributed by atoms with E-state index in [0.717, 1.165) is 24.9 Å². The third kappa shape index (κ3) is 4.40. The summed E-state index contributed by atoms with van der Waals surface area (Å²) in [5.41, 5.74) is 7.07. The van der Waals surface area contributed by atoms with E-state index in [1.807, 2.05) is 0 Å². The molecule has 2 heterocycles. The number of aromatic nitrogens is 2. The lowest BCUT2D eigenvalue weighted by Gasteiger charge is -2.21. The molecule has 1 saturated heterocycles. The minimum absolute atomic E-state index is 0.137. The molecule has 27 heavy (non-hydrogen) atoms. The van der Waals surface area contributed by atoms with Crippen molar-refractivity contribution in [2.45, 2.75) is 43.7 Å². The molecule has 142 valence electrons. The van der Waals surface area contributed by atoms with E-state index in [2.05, 4.69) is 26.1 Å². The van der Waals surface area contributed by atoms with Crippen LogP contribution in [-0.2, 0) is 11.2 Å². The molecule has 2 unspecified atom stereocenters. The molecule has 2 atom stereocenters. The van der Waals surface area contributed by atoms with Crippen molar-refractivity contribution < 1.29 is 9.18 Å². The summed E-state index contributed by atoms with van der Waals surface area (Å²) in [5, 5.41) is 3.01. The highest BCUT2D eigenvalue weighted by molar-refractivity contribution is 5.82. The molecule has 2 aliphatic rings. The van der Waals surface area contributed by atoms with E-state index < -0.39 is 6.04 Å². The van der Waals surface area contributed by atoms with E-state index in [-0.39, 0.29) is 23.3 Å². The molecule has 0 radical (unpaired) electrons. The fourth-order valence-electron chi connectivity index (χ4n) is 3.29. The van der Waals surface area contributed by atoms with Crippen LogP contribution >= 0.6 is 0 Å². The Kier molecular flexibility index (Phi) is 5.00.